The van der Waals surface area contributed by atoms with Crippen molar-refractivity contribution in [2.75, 3.05) is 13.6 Å². The normalized spacial score (nSPS) is 12.4. The minimum absolute atomic E-state index is 0.0699. The van der Waals surface area contributed by atoms with E-state index in [1.54, 1.807) is 6.92 Å². The van der Waals surface area contributed by atoms with Crippen molar-refractivity contribution in [2.45, 2.75) is 11.8 Å². The molecule has 0 saturated carbocycles. The van der Waals surface area contributed by atoms with Gasteiger partial charge in [0.15, 0.2) is 0 Å². The first-order valence-corrected chi connectivity index (χ1v) is 9.59. The SMILES string of the molecule is C/C(=N/NC(=O)CN(C)S(=O)(=O)c1ccc(Cl)cc1)c1cccs1. The molecule has 1 aromatic carbocycles. The van der Waals surface area contributed by atoms with Crippen molar-refractivity contribution < 1.29 is 13.2 Å². The summed E-state index contributed by atoms with van der Waals surface area (Å²) in [6.45, 7) is 1.42. The van der Waals surface area contributed by atoms with Gasteiger partial charge >= 0.3 is 0 Å². The zero-order chi connectivity index (χ0) is 17.7. The number of amides is 1. The Morgan fingerprint density at radius 1 is 1.29 bits per heavy atom. The second-order valence-corrected chi connectivity index (χ2v) is 8.35. The summed E-state index contributed by atoms with van der Waals surface area (Å²) in [6.07, 6.45) is 0. The van der Waals surface area contributed by atoms with Crippen LogP contribution in [-0.4, -0.2) is 37.9 Å². The second kappa shape index (κ2) is 7.89. The van der Waals surface area contributed by atoms with E-state index in [1.807, 2.05) is 17.5 Å². The lowest BCUT2D eigenvalue weighted by Crippen LogP contribution is -2.36. The second-order valence-electron chi connectivity index (χ2n) is 4.92. The molecule has 6 nitrogen and oxygen atoms in total. The number of hydrogen-bond donors (Lipinski definition) is 1. The van der Waals surface area contributed by atoms with Crippen LogP contribution in [0, 0.1) is 0 Å². The Hall–Kier alpha value is -1.74. The quantitative estimate of drug-likeness (QED) is 0.613. The molecule has 0 fully saturated rings. The molecule has 0 aliphatic carbocycles. The summed E-state index contributed by atoms with van der Waals surface area (Å²) < 4.78 is 25.7. The maximum atomic E-state index is 12.4. The van der Waals surface area contributed by atoms with Crippen LogP contribution in [-0.2, 0) is 14.8 Å². The first-order chi connectivity index (χ1) is 11.3. The number of likely N-dealkylation sites (N-methyl/N-ethyl adjacent to an activating group) is 1. The molecule has 24 heavy (non-hydrogen) atoms. The number of sulfonamides is 1. The standard InChI is InChI=1S/C15H16ClN3O3S2/c1-11(14-4-3-9-23-14)17-18-15(20)10-19(2)24(21,22)13-7-5-12(16)6-8-13/h3-9H,10H2,1-2H3,(H,18,20)/b17-11-. The van der Waals surface area contributed by atoms with Crippen molar-refractivity contribution in [1.29, 1.82) is 0 Å². The maximum Gasteiger partial charge on any atom is 0.255 e. The predicted molar refractivity (Wildman–Crippen MR) is 95.9 cm³/mol. The van der Waals surface area contributed by atoms with Crippen LogP contribution < -0.4 is 5.43 Å². The number of hydrogen-bond acceptors (Lipinski definition) is 5. The molecule has 9 heteroatoms. The van der Waals surface area contributed by atoms with E-state index in [1.165, 1.54) is 42.6 Å². The fourth-order valence-electron chi connectivity index (χ4n) is 1.79. The van der Waals surface area contributed by atoms with Gasteiger partial charge in [-0.25, -0.2) is 13.8 Å². The molecular weight excluding hydrogens is 370 g/mol. The Balaban J connectivity index is 2.00. The topological polar surface area (TPSA) is 78.8 Å². The lowest BCUT2D eigenvalue weighted by atomic mass is 10.3. The molecule has 2 aromatic rings. The van der Waals surface area contributed by atoms with Gasteiger partial charge in [-0.1, -0.05) is 17.7 Å². The summed E-state index contributed by atoms with van der Waals surface area (Å²) in [6, 6.07) is 9.52. The summed E-state index contributed by atoms with van der Waals surface area (Å²) in [4.78, 5) is 12.9. The zero-order valence-corrected chi connectivity index (χ0v) is 15.5. The van der Waals surface area contributed by atoms with Gasteiger partial charge in [-0.3, -0.25) is 4.79 Å². The van der Waals surface area contributed by atoms with Crippen molar-refractivity contribution in [3.05, 3.63) is 51.7 Å². The Morgan fingerprint density at radius 2 is 1.96 bits per heavy atom. The van der Waals surface area contributed by atoms with E-state index in [9.17, 15) is 13.2 Å². The number of carbonyl (C=O) groups excluding carboxylic acids is 1. The lowest BCUT2D eigenvalue weighted by Gasteiger charge is -2.16. The molecule has 1 amide bonds. The van der Waals surface area contributed by atoms with E-state index in [0.29, 0.717) is 10.7 Å². The Morgan fingerprint density at radius 3 is 2.54 bits per heavy atom. The molecule has 0 aliphatic heterocycles. The van der Waals surface area contributed by atoms with Crippen LogP contribution in [0.25, 0.3) is 0 Å². The highest BCUT2D eigenvalue weighted by Crippen LogP contribution is 2.17. The molecule has 0 radical (unpaired) electrons. The summed E-state index contributed by atoms with van der Waals surface area (Å²) in [5.74, 6) is -0.522. The average Bonchev–Trinajstić information content (AvgIpc) is 3.07. The van der Waals surface area contributed by atoms with Crippen molar-refractivity contribution in [3.8, 4) is 0 Å². The summed E-state index contributed by atoms with van der Waals surface area (Å²) >= 11 is 7.25. The number of carbonyl (C=O) groups is 1. The molecule has 0 aliphatic rings. The van der Waals surface area contributed by atoms with Crippen LogP contribution in [0.5, 0.6) is 0 Å². The van der Waals surface area contributed by atoms with Crippen LogP contribution in [0.4, 0.5) is 0 Å². The number of benzene rings is 1. The van der Waals surface area contributed by atoms with Gasteiger partial charge in [-0.15, -0.1) is 11.3 Å². The first kappa shape index (κ1) is 18.6. The van der Waals surface area contributed by atoms with E-state index in [4.69, 9.17) is 11.6 Å². The molecule has 0 bridgehead atoms. The first-order valence-electron chi connectivity index (χ1n) is 6.89. The Bertz CT molecular complexity index is 831. The van der Waals surface area contributed by atoms with E-state index in [2.05, 4.69) is 10.5 Å². The minimum atomic E-state index is -3.77. The number of thiophene rings is 1. The van der Waals surface area contributed by atoms with Crippen molar-refractivity contribution >= 4 is 44.6 Å². The number of nitrogens with one attached hydrogen (secondary N) is 1. The van der Waals surface area contributed by atoms with Crippen LogP contribution >= 0.6 is 22.9 Å². The van der Waals surface area contributed by atoms with E-state index in [-0.39, 0.29) is 11.4 Å². The van der Waals surface area contributed by atoms with Gasteiger partial charge in [-0.05, 0) is 42.6 Å². The lowest BCUT2D eigenvalue weighted by molar-refractivity contribution is -0.121. The minimum Gasteiger partial charge on any atom is -0.272 e. The van der Waals surface area contributed by atoms with Gasteiger partial charge in [0, 0.05) is 16.9 Å². The van der Waals surface area contributed by atoms with Crippen molar-refractivity contribution in [3.63, 3.8) is 0 Å². The van der Waals surface area contributed by atoms with Crippen molar-refractivity contribution in [1.82, 2.24) is 9.73 Å². The predicted octanol–water partition coefficient (Wildman–Crippen LogP) is 2.56. The van der Waals surface area contributed by atoms with Gasteiger partial charge in [-0.2, -0.15) is 9.41 Å². The highest BCUT2D eigenvalue weighted by atomic mass is 35.5. The van der Waals surface area contributed by atoms with E-state index >= 15 is 0 Å². The molecule has 0 atom stereocenters. The van der Waals surface area contributed by atoms with Crippen LogP contribution in [0.3, 0.4) is 0 Å². The van der Waals surface area contributed by atoms with E-state index < -0.39 is 15.9 Å². The third-order valence-corrected chi connectivity index (χ3v) is 6.16. The van der Waals surface area contributed by atoms with Crippen molar-refractivity contribution in [2.24, 2.45) is 5.10 Å². The van der Waals surface area contributed by atoms with Gasteiger partial charge in [0.25, 0.3) is 5.91 Å². The highest BCUT2D eigenvalue weighted by molar-refractivity contribution is 7.89. The average molecular weight is 386 g/mol. The van der Waals surface area contributed by atoms with Gasteiger partial charge in [0.2, 0.25) is 10.0 Å². The summed E-state index contributed by atoms with van der Waals surface area (Å²) in [7, 11) is -2.43. The van der Waals surface area contributed by atoms with Gasteiger partial charge in [0.05, 0.1) is 17.2 Å². The fourth-order valence-corrected chi connectivity index (χ4v) is 3.72. The van der Waals surface area contributed by atoms with Crippen LogP contribution in [0.15, 0.2) is 51.8 Å². The molecule has 1 aromatic heterocycles. The Labute approximate surface area is 149 Å². The van der Waals surface area contributed by atoms with Crippen LogP contribution in [0.2, 0.25) is 5.02 Å². The maximum absolute atomic E-state index is 12.4. The number of rotatable bonds is 6. The highest BCUT2D eigenvalue weighted by Gasteiger charge is 2.22. The fraction of sp³-hybridized carbons (Fsp3) is 0.200. The molecule has 0 spiro atoms. The molecule has 0 unspecified atom stereocenters. The van der Waals surface area contributed by atoms with Crippen LogP contribution in [0.1, 0.15) is 11.8 Å². The number of halogens is 1. The molecule has 0 saturated heterocycles. The van der Waals surface area contributed by atoms with Gasteiger partial charge < -0.3 is 0 Å². The van der Waals surface area contributed by atoms with Gasteiger partial charge in [0.1, 0.15) is 0 Å². The molecule has 2 rings (SSSR count). The Kier molecular flexibility index (Phi) is 6.11. The third-order valence-electron chi connectivity index (χ3n) is 3.11. The monoisotopic (exact) mass is 385 g/mol. The summed E-state index contributed by atoms with van der Waals surface area (Å²) in [5.41, 5.74) is 3.02. The van der Waals surface area contributed by atoms with E-state index in [0.717, 1.165) is 9.18 Å². The zero-order valence-electron chi connectivity index (χ0n) is 13.1. The molecule has 128 valence electrons. The molecule has 1 heterocycles. The summed E-state index contributed by atoms with van der Waals surface area (Å²) in [5, 5.41) is 6.32. The molecule has 1 N–H and O–H groups in total. The smallest absolute Gasteiger partial charge is 0.255 e. The number of hydrazone groups is 1. The number of nitrogens with zero attached hydrogens (tertiary/aromatic N) is 2. The largest absolute Gasteiger partial charge is 0.272 e. The molecular formula is C15H16ClN3O3S2. The third kappa shape index (κ3) is 4.64.